The van der Waals surface area contributed by atoms with Gasteiger partial charge in [-0.1, -0.05) is 11.6 Å². The molecule has 1 aromatic rings. The molecule has 3 heteroatoms. The van der Waals surface area contributed by atoms with Crippen LogP contribution in [0, 0.1) is 0 Å². The molecule has 0 saturated carbocycles. The van der Waals surface area contributed by atoms with Crippen LogP contribution in [0.5, 0.6) is 0 Å². The van der Waals surface area contributed by atoms with E-state index in [2.05, 4.69) is 4.98 Å². The van der Waals surface area contributed by atoms with Gasteiger partial charge in [-0.15, -0.1) is 0 Å². The van der Waals surface area contributed by atoms with Gasteiger partial charge in [0, 0.05) is 15.9 Å². The van der Waals surface area contributed by atoms with E-state index in [1.807, 2.05) is 0 Å². The zero-order chi connectivity index (χ0) is 10.1. The number of rotatable bonds is 1. The van der Waals surface area contributed by atoms with Gasteiger partial charge in [-0.25, -0.2) is 4.98 Å². The molecular weight excluding hydrogens is 150 g/mol. The summed E-state index contributed by atoms with van der Waals surface area (Å²) in [4.78, 5) is 14.7. The molecule has 0 aliphatic rings. The Kier molecular flexibility index (Phi) is 1.14. The highest BCUT2D eigenvalue weighted by Gasteiger charge is 1.96. The zero-order valence-corrected chi connectivity index (χ0v) is 5.72. The first-order valence-corrected chi connectivity index (χ1v) is 2.95. The van der Waals surface area contributed by atoms with Crippen molar-refractivity contribution in [2.45, 2.75) is 6.85 Å². The average Bonchev–Trinajstić information content (AvgIpc) is 2.03. The number of ketones is 1. The van der Waals surface area contributed by atoms with Crippen LogP contribution in [-0.2, 0) is 0 Å². The zero-order valence-electron chi connectivity index (χ0n) is 7.97. The Bertz CT molecular complexity index is 320. The van der Waals surface area contributed by atoms with Crippen molar-refractivity contribution < 1.29 is 8.91 Å². The SMILES string of the molecule is [2H]C([2H])([2H])C(=O)c1ccc(Cl)nc1. The number of Topliss-reactive ketones (excluding diaryl/α,β-unsaturated/α-hetero) is 1. The smallest absolute Gasteiger partial charge is 0.161 e. The summed E-state index contributed by atoms with van der Waals surface area (Å²) < 4.78 is 20.6. The molecule has 0 N–H and O–H groups in total. The van der Waals surface area contributed by atoms with E-state index >= 15 is 0 Å². The lowest BCUT2D eigenvalue weighted by molar-refractivity contribution is 0.101. The molecule has 0 aliphatic carbocycles. The number of nitrogens with zero attached hydrogens (tertiary/aromatic N) is 1. The minimum Gasteiger partial charge on any atom is -0.294 e. The summed E-state index contributed by atoms with van der Waals surface area (Å²) in [5.74, 6) is -0.920. The Morgan fingerprint density at radius 3 is 3.10 bits per heavy atom. The number of carbonyl (C=O) groups is 1. The van der Waals surface area contributed by atoms with Crippen LogP contribution >= 0.6 is 11.6 Å². The van der Waals surface area contributed by atoms with Crippen molar-refractivity contribution >= 4 is 17.4 Å². The first kappa shape index (κ1) is 4.09. The second-order valence-electron chi connectivity index (χ2n) is 1.70. The highest BCUT2D eigenvalue weighted by atomic mass is 35.5. The molecule has 2 nitrogen and oxygen atoms in total. The Hall–Kier alpha value is -0.890. The van der Waals surface area contributed by atoms with Gasteiger partial charge in [0.25, 0.3) is 0 Å². The van der Waals surface area contributed by atoms with Gasteiger partial charge in [-0.3, -0.25) is 4.79 Å². The van der Waals surface area contributed by atoms with Crippen LogP contribution in [0.4, 0.5) is 0 Å². The van der Waals surface area contributed by atoms with E-state index in [4.69, 9.17) is 15.7 Å². The molecule has 1 heterocycles. The fourth-order valence-electron chi connectivity index (χ4n) is 0.510. The lowest BCUT2D eigenvalue weighted by Gasteiger charge is -1.91. The number of halogens is 1. The molecule has 0 aromatic carbocycles. The fraction of sp³-hybridized carbons (Fsp3) is 0.143. The lowest BCUT2D eigenvalue weighted by Crippen LogP contribution is -1.91. The Morgan fingerprint density at radius 2 is 2.60 bits per heavy atom. The highest BCUT2D eigenvalue weighted by Crippen LogP contribution is 2.04. The van der Waals surface area contributed by atoms with E-state index in [9.17, 15) is 4.79 Å². The molecule has 1 rings (SSSR count). The van der Waals surface area contributed by atoms with E-state index in [0.717, 1.165) is 6.20 Å². The Morgan fingerprint density at radius 1 is 1.80 bits per heavy atom. The third kappa shape index (κ3) is 1.54. The standard InChI is InChI=1S/C7H6ClNO/c1-5(10)6-2-3-7(8)9-4-6/h2-4H,1H3/i1D3. The average molecular weight is 159 g/mol. The Balaban J connectivity index is 2.97. The van der Waals surface area contributed by atoms with Crippen molar-refractivity contribution in [1.29, 1.82) is 0 Å². The first-order valence-electron chi connectivity index (χ1n) is 4.07. The summed E-state index contributed by atoms with van der Waals surface area (Å²) in [6.07, 6.45) is 1.15. The van der Waals surface area contributed by atoms with Crippen molar-refractivity contribution in [3.05, 3.63) is 29.0 Å². The van der Waals surface area contributed by atoms with Gasteiger partial charge in [0.2, 0.25) is 0 Å². The summed E-state index contributed by atoms with van der Waals surface area (Å²) in [7, 11) is 0. The van der Waals surface area contributed by atoms with Crippen molar-refractivity contribution in [3.63, 3.8) is 0 Å². The normalized spacial score (nSPS) is 15.1. The summed E-state index contributed by atoms with van der Waals surface area (Å²) in [6, 6.07) is 2.71. The van der Waals surface area contributed by atoms with Crippen molar-refractivity contribution in [3.8, 4) is 0 Å². The molecule has 0 fully saturated rings. The molecule has 1 aromatic heterocycles. The van der Waals surface area contributed by atoms with Crippen LogP contribution in [-0.4, -0.2) is 10.8 Å². The molecule has 10 heavy (non-hydrogen) atoms. The Labute approximate surface area is 68.1 Å². The number of hydrogen-bond acceptors (Lipinski definition) is 2. The van der Waals surface area contributed by atoms with Gasteiger partial charge in [0.1, 0.15) is 5.15 Å². The van der Waals surface area contributed by atoms with E-state index < -0.39 is 12.6 Å². The van der Waals surface area contributed by atoms with E-state index in [0.29, 0.717) is 0 Å². The van der Waals surface area contributed by atoms with Crippen LogP contribution in [0.25, 0.3) is 0 Å². The first-order chi connectivity index (χ1) is 5.91. The van der Waals surface area contributed by atoms with Crippen LogP contribution in [0.15, 0.2) is 18.3 Å². The molecule has 0 aliphatic heterocycles. The predicted octanol–water partition coefficient (Wildman–Crippen LogP) is 1.94. The quantitative estimate of drug-likeness (QED) is 0.462. The number of carbonyl (C=O) groups excluding carboxylic acids is 1. The van der Waals surface area contributed by atoms with E-state index in [1.54, 1.807) is 0 Å². The van der Waals surface area contributed by atoms with Crippen molar-refractivity contribution in [1.82, 2.24) is 4.98 Å². The lowest BCUT2D eigenvalue weighted by atomic mass is 10.2. The predicted molar refractivity (Wildman–Crippen MR) is 39.3 cm³/mol. The molecule has 0 saturated heterocycles. The topological polar surface area (TPSA) is 30.0 Å². The van der Waals surface area contributed by atoms with Crippen molar-refractivity contribution in [2.24, 2.45) is 0 Å². The van der Waals surface area contributed by atoms with Crippen molar-refractivity contribution in [2.75, 3.05) is 0 Å². The highest BCUT2D eigenvalue weighted by molar-refractivity contribution is 6.29. The van der Waals surface area contributed by atoms with Gasteiger partial charge in [-0.05, 0) is 19.0 Å². The van der Waals surface area contributed by atoms with E-state index in [1.165, 1.54) is 12.1 Å². The molecule has 0 bridgehead atoms. The van der Waals surface area contributed by atoms with Gasteiger partial charge < -0.3 is 0 Å². The van der Waals surface area contributed by atoms with E-state index in [-0.39, 0.29) is 10.7 Å². The van der Waals surface area contributed by atoms with Gasteiger partial charge in [0.05, 0.1) is 0 Å². The largest absolute Gasteiger partial charge is 0.294 e. The minimum atomic E-state index is -2.62. The third-order valence-electron chi connectivity index (χ3n) is 0.990. The molecule has 0 spiro atoms. The summed E-state index contributed by atoms with van der Waals surface area (Å²) >= 11 is 5.47. The van der Waals surface area contributed by atoms with Crippen LogP contribution in [0.3, 0.4) is 0 Å². The summed E-state index contributed by atoms with van der Waals surface area (Å²) in [5.41, 5.74) is 0.0457. The molecule has 0 unspecified atom stereocenters. The van der Waals surface area contributed by atoms with Crippen LogP contribution in [0.1, 0.15) is 21.3 Å². The molecule has 0 amide bonds. The van der Waals surface area contributed by atoms with Gasteiger partial charge in [0.15, 0.2) is 5.78 Å². The van der Waals surface area contributed by atoms with Gasteiger partial charge >= 0.3 is 0 Å². The van der Waals surface area contributed by atoms with Crippen LogP contribution < -0.4 is 0 Å². The maximum atomic E-state index is 11.1. The molecule has 0 radical (unpaired) electrons. The van der Waals surface area contributed by atoms with Crippen LogP contribution in [0.2, 0.25) is 5.15 Å². The molecule has 0 atom stereocenters. The minimum absolute atomic E-state index is 0.0457. The number of aromatic nitrogens is 1. The second-order valence-corrected chi connectivity index (χ2v) is 2.09. The maximum absolute atomic E-state index is 11.1. The number of pyridine rings is 1. The second kappa shape index (κ2) is 2.80. The fourth-order valence-corrected chi connectivity index (χ4v) is 0.622. The molecule has 52 valence electrons. The monoisotopic (exact) mass is 158 g/mol. The number of hydrogen-bond donors (Lipinski definition) is 0. The third-order valence-corrected chi connectivity index (χ3v) is 1.21. The van der Waals surface area contributed by atoms with Gasteiger partial charge in [-0.2, -0.15) is 0 Å². The summed E-state index contributed by atoms with van der Waals surface area (Å²) in [6.45, 7) is -2.62. The molecular formula is C7H6ClNO. The summed E-state index contributed by atoms with van der Waals surface area (Å²) in [5, 5.41) is 0.224. The maximum Gasteiger partial charge on any atom is 0.161 e.